The quantitative estimate of drug-likeness (QED) is 0.817. The lowest BCUT2D eigenvalue weighted by atomic mass is 10.1. The van der Waals surface area contributed by atoms with Crippen LogP contribution in [0.25, 0.3) is 0 Å². The number of alkyl halides is 2. The fraction of sp³-hybridized carbons (Fsp3) is 0.667. The van der Waals surface area contributed by atoms with Crippen molar-refractivity contribution >= 4 is 5.82 Å². The normalized spacial score (nSPS) is 12.1. The number of halogens is 2. The molecule has 0 radical (unpaired) electrons. The zero-order valence-electron chi connectivity index (χ0n) is 8.64. The van der Waals surface area contributed by atoms with Crippen LogP contribution in [0.2, 0.25) is 0 Å². The first-order valence-electron chi connectivity index (χ1n) is 4.57. The van der Waals surface area contributed by atoms with Crippen LogP contribution in [0, 0.1) is 0 Å². The zero-order chi connectivity index (χ0) is 10.9. The maximum absolute atomic E-state index is 13.1. The summed E-state index contributed by atoms with van der Waals surface area (Å²) in [4.78, 5) is 0. The highest BCUT2D eigenvalue weighted by molar-refractivity contribution is 5.44. The molecule has 0 amide bonds. The minimum Gasteiger partial charge on any atom is -0.384 e. The molecule has 3 nitrogen and oxygen atoms in total. The van der Waals surface area contributed by atoms with Crippen molar-refractivity contribution in [3.05, 3.63) is 11.3 Å². The molecule has 14 heavy (non-hydrogen) atoms. The molecule has 2 N–H and O–H groups in total. The molecule has 0 unspecified atom stereocenters. The summed E-state index contributed by atoms with van der Waals surface area (Å²) < 4.78 is 27.5. The van der Waals surface area contributed by atoms with Crippen molar-refractivity contribution < 1.29 is 8.78 Å². The lowest BCUT2D eigenvalue weighted by Crippen LogP contribution is -2.11. The van der Waals surface area contributed by atoms with Crippen LogP contribution >= 0.6 is 0 Å². The van der Waals surface area contributed by atoms with Gasteiger partial charge in [0.1, 0.15) is 11.5 Å². The molecule has 0 saturated heterocycles. The Morgan fingerprint density at radius 3 is 2.50 bits per heavy atom. The van der Waals surface area contributed by atoms with Crippen molar-refractivity contribution in [2.24, 2.45) is 7.05 Å². The van der Waals surface area contributed by atoms with Crippen LogP contribution in [-0.4, -0.2) is 9.78 Å². The molecule has 1 aromatic rings. The number of nitrogen functional groups attached to an aromatic ring is 1. The highest BCUT2D eigenvalue weighted by atomic mass is 19.3. The smallest absolute Gasteiger partial charge is 0.289 e. The molecule has 0 aliphatic rings. The predicted octanol–water partition coefficient (Wildman–Crippen LogP) is 2.07. The van der Waals surface area contributed by atoms with Gasteiger partial charge in [-0.25, -0.2) is 0 Å². The first-order valence-corrected chi connectivity index (χ1v) is 4.57. The molecule has 5 heteroatoms. The zero-order valence-corrected chi connectivity index (χ0v) is 8.64. The first-order chi connectivity index (χ1) is 6.38. The Kier molecular flexibility index (Phi) is 2.78. The van der Waals surface area contributed by atoms with Crippen LogP contribution in [0.15, 0.2) is 0 Å². The monoisotopic (exact) mass is 203 g/mol. The molecule has 0 aromatic carbocycles. The lowest BCUT2D eigenvalue weighted by Gasteiger charge is -2.08. The SMILES string of the molecule is CCCc1c(C(C)(F)F)nn(C)c1N. The molecule has 1 heterocycles. The van der Waals surface area contributed by atoms with E-state index in [-0.39, 0.29) is 5.69 Å². The molecule has 0 bridgehead atoms. The summed E-state index contributed by atoms with van der Waals surface area (Å²) >= 11 is 0. The molecular weight excluding hydrogens is 188 g/mol. The van der Waals surface area contributed by atoms with E-state index in [4.69, 9.17) is 5.73 Å². The summed E-state index contributed by atoms with van der Waals surface area (Å²) in [7, 11) is 1.57. The third kappa shape index (κ3) is 1.86. The van der Waals surface area contributed by atoms with Crippen LogP contribution in [0.5, 0.6) is 0 Å². The Bertz CT molecular complexity index is 326. The van der Waals surface area contributed by atoms with E-state index in [0.29, 0.717) is 17.8 Å². The van der Waals surface area contributed by atoms with Gasteiger partial charge in [-0.2, -0.15) is 13.9 Å². The highest BCUT2D eigenvalue weighted by Gasteiger charge is 2.32. The number of rotatable bonds is 3. The fourth-order valence-corrected chi connectivity index (χ4v) is 1.43. The van der Waals surface area contributed by atoms with Gasteiger partial charge in [-0.1, -0.05) is 13.3 Å². The molecule has 80 valence electrons. The van der Waals surface area contributed by atoms with Crippen LogP contribution in [0.3, 0.4) is 0 Å². The van der Waals surface area contributed by atoms with Crippen LogP contribution in [0.4, 0.5) is 14.6 Å². The van der Waals surface area contributed by atoms with Crippen molar-refractivity contribution in [3.8, 4) is 0 Å². The third-order valence-corrected chi connectivity index (χ3v) is 2.11. The summed E-state index contributed by atoms with van der Waals surface area (Å²) in [6, 6.07) is 0. The summed E-state index contributed by atoms with van der Waals surface area (Å²) in [5.74, 6) is -2.58. The average molecular weight is 203 g/mol. The van der Waals surface area contributed by atoms with Crippen molar-refractivity contribution in [2.45, 2.75) is 32.6 Å². The summed E-state index contributed by atoms with van der Waals surface area (Å²) in [5.41, 5.74) is 5.93. The molecule has 0 atom stereocenters. The Hall–Kier alpha value is -1.13. The van der Waals surface area contributed by atoms with Gasteiger partial charge in [-0.3, -0.25) is 4.68 Å². The number of nitrogens with zero attached hydrogens (tertiary/aromatic N) is 2. The Labute approximate surface area is 81.9 Å². The van der Waals surface area contributed by atoms with Gasteiger partial charge >= 0.3 is 0 Å². The van der Waals surface area contributed by atoms with Gasteiger partial charge in [0.05, 0.1) is 0 Å². The van der Waals surface area contributed by atoms with Gasteiger partial charge in [0.25, 0.3) is 5.92 Å². The highest BCUT2D eigenvalue weighted by Crippen LogP contribution is 2.32. The van der Waals surface area contributed by atoms with E-state index in [2.05, 4.69) is 5.10 Å². The molecule has 1 aromatic heterocycles. The number of hydrogen-bond donors (Lipinski definition) is 1. The molecule has 0 saturated carbocycles. The maximum Gasteiger partial charge on any atom is 0.289 e. The summed E-state index contributed by atoms with van der Waals surface area (Å²) in [5, 5.41) is 3.74. The van der Waals surface area contributed by atoms with E-state index < -0.39 is 5.92 Å². The Balaban J connectivity index is 3.22. The average Bonchev–Trinajstić information content (AvgIpc) is 2.32. The summed E-state index contributed by atoms with van der Waals surface area (Å²) in [6.07, 6.45) is 1.32. The number of nitrogens with two attached hydrogens (primary N) is 1. The predicted molar refractivity (Wildman–Crippen MR) is 51.2 cm³/mol. The van der Waals surface area contributed by atoms with Crippen molar-refractivity contribution in [1.29, 1.82) is 0 Å². The largest absolute Gasteiger partial charge is 0.384 e. The fourth-order valence-electron chi connectivity index (χ4n) is 1.43. The summed E-state index contributed by atoms with van der Waals surface area (Å²) in [6.45, 7) is 2.76. The first kappa shape index (κ1) is 10.9. The van der Waals surface area contributed by atoms with E-state index in [1.54, 1.807) is 7.05 Å². The topological polar surface area (TPSA) is 43.8 Å². The third-order valence-electron chi connectivity index (χ3n) is 2.11. The van der Waals surface area contributed by atoms with Crippen LogP contribution in [0.1, 0.15) is 31.5 Å². The number of anilines is 1. The second-order valence-corrected chi connectivity index (χ2v) is 3.47. The van der Waals surface area contributed by atoms with Crippen LogP contribution < -0.4 is 5.73 Å². The van der Waals surface area contributed by atoms with Crippen LogP contribution in [-0.2, 0) is 19.4 Å². The lowest BCUT2D eigenvalue weighted by molar-refractivity contribution is 0.0113. The molecular formula is C9H15F2N3. The van der Waals surface area contributed by atoms with Gasteiger partial charge < -0.3 is 5.73 Å². The van der Waals surface area contributed by atoms with E-state index in [9.17, 15) is 8.78 Å². The molecule has 0 aliphatic heterocycles. The van der Waals surface area contributed by atoms with Crippen molar-refractivity contribution in [1.82, 2.24) is 9.78 Å². The second-order valence-electron chi connectivity index (χ2n) is 3.47. The Morgan fingerprint density at radius 2 is 2.07 bits per heavy atom. The van der Waals surface area contributed by atoms with E-state index in [1.165, 1.54) is 4.68 Å². The number of hydrogen-bond acceptors (Lipinski definition) is 2. The van der Waals surface area contributed by atoms with Gasteiger partial charge in [0, 0.05) is 19.5 Å². The van der Waals surface area contributed by atoms with Gasteiger partial charge in [0.2, 0.25) is 0 Å². The van der Waals surface area contributed by atoms with Gasteiger partial charge in [-0.15, -0.1) is 0 Å². The van der Waals surface area contributed by atoms with E-state index in [0.717, 1.165) is 13.3 Å². The van der Waals surface area contributed by atoms with E-state index in [1.807, 2.05) is 6.92 Å². The van der Waals surface area contributed by atoms with Gasteiger partial charge in [-0.05, 0) is 6.42 Å². The minimum absolute atomic E-state index is 0.195. The van der Waals surface area contributed by atoms with E-state index >= 15 is 0 Å². The molecule has 0 aliphatic carbocycles. The second kappa shape index (κ2) is 3.55. The molecule has 1 rings (SSSR count). The van der Waals surface area contributed by atoms with Crippen molar-refractivity contribution in [2.75, 3.05) is 5.73 Å². The maximum atomic E-state index is 13.1. The van der Waals surface area contributed by atoms with Gasteiger partial charge in [0.15, 0.2) is 0 Å². The molecule has 0 spiro atoms. The number of aromatic nitrogens is 2. The standard InChI is InChI=1S/C9H15F2N3/c1-4-5-6-7(9(2,10)11)13-14(3)8(6)12/h4-5,12H2,1-3H3. The Morgan fingerprint density at radius 1 is 1.50 bits per heavy atom. The number of aryl methyl sites for hydroxylation is 1. The van der Waals surface area contributed by atoms with Crippen molar-refractivity contribution in [3.63, 3.8) is 0 Å². The minimum atomic E-state index is -2.92. The molecule has 0 fully saturated rings.